The first-order valence-electron chi connectivity index (χ1n) is 6.99. The average Bonchev–Trinajstić information content (AvgIpc) is 2.87. The molecule has 4 nitrogen and oxygen atoms in total. The quantitative estimate of drug-likeness (QED) is 0.885. The van der Waals surface area contributed by atoms with Crippen LogP contribution < -0.4 is 10.0 Å². The average molecular weight is 280 g/mol. The lowest BCUT2D eigenvalue weighted by atomic mass is 10.1. The molecule has 2 N–H and O–H groups in total. The van der Waals surface area contributed by atoms with Gasteiger partial charge in [0.25, 0.3) is 0 Å². The maximum atomic E-state index is 12.3. The van der Waals surface area contributed by atoms with E-state index in [1.165, 1.54) is 17.5 Å². The minimum absolute atomic E-state index is 0.311. The summed E-state index contributed by atoms with van der Waals surface area (Å²) in [6, 6.07) is 5.94. The smallest absolute Gasteiger partial charge is 0.236 e. The van der Waals surface area contributed by atoms with Gasteiger partial charge in [-0.1, -0.05) is 6.07 Å². The van der Waals surface area contributed by atoms with Gasteiger partial charge in [0.05, 0.1) is 5.25 Å². The first-order valence-corrected chi connectivity index (χ1v) is 8.54. The second-order valence-corrected chi connectivity index (χ2v) is 7.41. The second kappa shape index (κ2) is 5.13. The molecule has 0 aromatic heterocycles. The summed E-state index contributed by atoms with van der Waals surface area (Å²) in [7, 11) is -3.27. The van der Waals surface area contributed by atoms with Crippen molar-refractivity contribution in [2.45, 2.75) is 37.4 Å². The first kappa shape index (κ1) is 12.9. The SMILES string of the molecule is O=S(=O)(Nc1ccc2c(c1)CCC2)C1CCCNC1. The molecule has 104 valence electrons. The number of hydrogen-bond donors (Lipinski definition) is 2. The molecule has 0 bridgehead atoms. The fourth-order valence-corrected chi connectivity index (χ4v) is 4.40. The fourth-order valence-electron chi connectivity index (χ4n) is 2.97. The molecule has 1 saturated heterocycles. The minimum Gasteiger partial charge on any atom is -0.315 e. The summed E-state index contributed by atoms with van der Waals surface area (Å²) in [6.45, 7) is 1.48. The molecular formula is C14H20N2O2S. The summed E-state index contributed by atoms with van der Waals surface area (Å²) in [4.78, 5) is 0. The number of nitrogens with one attached hydrogen (secondary N) is 2. The zero-order valence-electron chi connectivity index (χ0n) is 11.0. The normalized spacial score (nSPS) is 23.1. The van der Waals surface area contributed by atoms with E-state index < -0.39 is 10.0 Å². The van der Waals surface area contributed by atoms with Crippen LogP contribution in [-0.2, 0) is 22.9 Å². The Morgan fingerprint density at radius 2 is 2.00 bits per heavy atom. The van der Waals surface area contributed by atoms with Crippen LogP contribution in [0.1, 0.15) is 30.4 Å². The van der Waals surface area contributed by atoms with E-state index in [0.29, 0.717) is 12.2 Å². The van der Waals surface area contributed by atoms with Crippen molar-refractivity contribution in [2.24, 2.45) is 0 Å². The Morgan fingerprint density at radius 3 is 2.79 bits per heavy atom. The van der Waals surface area contributed by atoms with Crippen LogP contribution in [0.4, 0.5) is 5.69 Å². The molecule has 0 radical (unpaired) electrons. The number of aryl methyl sites for hydroxylation is 2. The Hall–Kier alpha value is -1.07. The topological polar surface area (TPSA) is 58.2 Å². The number of rotatable bonds is 3. The molecule has 1 fully saturated rings. The van der Waals surface area contributed by atoms with Crippen molar-refractivity contribution in [3.05, 3.63) is 29.3 Å². The molecule has 1 aliphatic carbocycles. The lowest BCUT2D eigenvalue weighted by molar-refractivity contribution is 0.499. The summed E-state index contributed by atoms with van der Waals surface area (Å²) in [5.74, 6) is 0. The number of anilines is 1. The number of sulfonamides is 1. The van der Waals surface area contributed by atoms with Gasteiger partial charge in [0.15, 0.2) is 0 Å². The third kappa shape index (κ3) is 2.77. The molecule has 1 heterocycles. The summed E-state index contributed by atoms with van der Waals surface area (Å²) < 4.78 is 27.4. The third-order valence-electron chi connectivity index (χ3n) is 4.05. The Bertz CT molecular complexity index is 563. The second-order valence-electron chi connectivity index (χ2n) is 5.45. The van der Waals surface area contributed by atoms with Gasteiger partial charge in [0.1, 0.15) is 0 Å². The van der Waals surface area contributed by atoms with Crippen LogP contribution in [0.5, 0.6) is 0 Å². The van der Waals surface area contributed by atoms with E-state index in [-0.39, 0.29) is 5.25 Å². The van der Waals surface area contributed by atoms with Crippen molar-refractivity contribution >= 4 is 15.7 Å². The molecular weight excluding hydrogens is 260 g/mol. The highest BCUT2D eigenvalue weighted by Gasteiger charge is 2.27. The highest BCUT2D eigenvalue weighted by Crippen LogP contribution is 2.26. The van der Waals surface area contributed by atoms with E-state index in [2.05, 4.69) is 16.1 Å². The van der Waals surface area contributed by atoms with Gasteiger partial charge < -0.3 is 5.32 Å². The van der Waals surface area contributed by atoms with Gasteiger partial charge in [0.2, 0.25) is 10.0 Å². The van der Waals surface area contributed by atoms with E-state index in [0.717, 1.165) is 32.2 Å². The Kier molecular flexibility index (Phi) is 3.50. The van der Waals surface area contributed by atoms with Gasteiger partial charge in [0, 0.05) is 12.2 Å². The van der Waals surface area contributed by atoms with Gasteiger partial charge in [-0.05, 0) is 61.9 Å². The van der Waals surface area contributed by atoms with Gasteiger partial charge >= 0.3 is 0 Å². The van der Waals surface area contributed by atoms with Crippen LogP contribution in [-0.4, -0.2) is 26.8 Å². The van der Waals surface area contributed by atoms with Gasteiger partial charge in [-0.2, -0.15) is 0 Å². The molecule has 0 amide bonds. The highest BCUT2D eigenvalue weighted by molar-refractivity contribution is 7.93. The molecule has 1 atom stereocenters. The summed E-state index contributed by atoms with van der Waals surface area (Å²) in [6.07, 6.45) is 5.03. The van der Waals surface area contributed by atoms with Crippen LogP contribution in [0.3, 0.4) is 0 Å². The van der Waals surface area contributed by atoms with Gasteiger partial charge in [-0.25, -0.2) is 8.42 Å². The molecule has 19 heavy (non-hydrogen) atoms. The van der Waals surface area contributed by atoms with Crippen molar-refractivity contribution < 1.29 is 8.42 Å². The Balaban J connectivity index is 1.76. The molecule has 0 spiro atoms. The molecule has 2 aliphatic rings. The lowest BCUT2D eigenvalue weighted by Crippen LogP contribution is -2.41. The Labute approximate surface area is 114 Å². The van der Waals surface area contributed by atoms with Crippen molar-refractivity contribution in [1.29, 1.82) is 0 Å². The number of fused-ring (bicyclic) bond motifs is 1. The largest absolute Gasteiger partial charge is 0.315 e. The van der Waals surface area contributed by atoms with Crippen molar-refractivity contribution in [3.8, 4) is 0 Å². The molecule has 5 heteroatoms. The summed E-state index contributed by atoms with van der Waals surface area (Å²) in [5.41, 5.74) is 3.37. The molecule has 0 saturated carbocycles. The standard InChI is InChI=1S/C14H20N2O2S/c17-19(18,14-5-2-8-15-10-14)16-13-7-6-11-3-1-4-12(11)9-13/h6-7,9,14-16H,1-5,8,10H2. The zero-order valence-corrected chi connectivity index (χ0v) is 11.8. The van der Waals surface area contributed by atoms with E-state index >= 15 is 0 Å². The lowest BCUT2D eigenvalue weighted by Gasteiger charge is -2.23. The zero-order chi connectivity index (χ0) is 13.3. The maximum absolute atomic E-state index is 12.3. The van der Waals surface area contributed by atoms with E-state index in [1.807, 2.05) is 12.1 Å². The van der Waals surface area contributed by atoms with Crippen molar-refractivity contribution in [1.82, 2.24) is 5.32 Å². The van der Waals surface area contributed by atoms with Crippen molar-refractivity contribution in [3.63, 3.8) is 0 Å². The first-order chi connectivity index (χ1) is 9.15. The number of piperidine rings is 1. The van der Waals surface area contributed by atoms with Crippen LogP contribution in [0, 0.1) is 0 Å². The fraction of sp³-hybridized carbons (Fsp3) is 0.571. The van der Waals surface area contributed by atoms with E-state index in [4.69, 9.17) is 0 Å². The van der Waals surface area contributed by atoms with E-state index in [1.54, 1.807) is 0 Å². The predicted molar refractivity (Wildman–Crippen MR) is 76.9 cm³/mol. The van der Waals surface area contributed by atoms with Gasteiger partial charge in [-0.3, -0.25) is 4.72 Å². The molecule has 1 unspecified atom stereocenters. The molecule has 3 rings (SSSR count). The molecule has 1 aromatic carbocycles. The van der Waals surface area contributed by atoms with Gasteiger partial charge in [-0.15, -0.1) is 0 Å². The van der Waals surface area contributed by atoms with Crippen LogP contribution in [0.25, 0.3) is 0 Å². The monoisotopic (exact) mass is 280 g/mol. The minimum atomic E-state index is -3.27. The van der Waals surface area contributed by atoms with Crippen molar-refractivity contribution in [2.75, 3.05) is 17.8 Å². The van der Waals surface area contributed by atoms with E-state index in [9.17, 15) is 8.42 Å². The summed E-state index contributed by atoms with van der Waals surface area (Å²) >= 11 is 0. The van der Waals surface area contributed by atoms with Crippen LogP contribution in [0.2, 0.25) is 0 Å². The Morgan fingerprint density at radius 1 is 1.16 bits per heavy atom. The highest BCUT2D eigenvalue weighted by atomic mass is 32.2. The number of benzene rings is 1. The predicted octanol–water partition coefficient (Wildman–Crippen LogP) is 1.67. The molecule has 1 aromatic rings. The van der Waals surface area contributed by atoms with Crippen LogP contribution in [0.15, 0.2) is 18.2 Å². The van der Waals surface area contributed by atoms with Crippen LogP contribution >= 0.6 is 0 Å². The maximum Gasteiger partial charge on any atom is 0.236 e. The number of hydrogen-bond acceptors (Lipinski definition) is 3. The molecule has 1 aliphatic heterocycles. The third-order valence-corrected chi connectivity index (χ3v) is 5.85. The summed E-state index contributed by atoms with van der Waals surface area (Å²) in [5, 5.41) is 2.84.